The van der Waals surface area contributed by atoms with E-state index < -0.39 is 0 Å². The lowest BCUT2D eigenvalue weighted by Crippen LogP contribution is -2.02. The largest absolute Gasteiger partial charge is 0.208 e. The summed E-state index contributed by atoms with van der Waals surface area (Å²) in [6.07, 6.45) is 0. The minimum atomic E-state index is 0.605. The van der Waals surface area contributed by atoms with Crippen LogP contribution in [-0.2, 0) is 0 Å². The highest BCUT2D eigenvalue weighted by molar-refractivity contribution is 7.26. The third-order valence-electron chi connectivity index (χ3n) is 21.0. The van der Waals surface area contributed by atoms with Crippen LogP contribution in [0.1, 0.15) is 0 Å². The molecule has 0 radical (unpaired) electrons. The zero-order valence-corrected chi connectivity index (χ0v) is 58.6. The Hall–Kier alpha value is -13.5. The second kappa shape index (κ2) is 25.2. The van der Waals surface area contributed by atoms with Crippen molar-refractivity contribution >= 4 is 117 Å². The van der Waals surface area contributed by atoms with Crippen molar-refractivity contribution in [3.8, 4) is 124 Å². The van der Waals surface area contributed by atoms with Crippen molar-refractivity contribution < 1.29 is 0 Å². The minimum Gasteiger partial charge on any atom is -0.208 e. The number of fused-ring (bicyclic) bond motifs is 11. The normalized spacial score (nSPS) is 11.8. The van der Waals surface area contributed by atoms with Gasteiger partial charge < -0.3 is 0 Å². The number of nitrogens with zero attached hydrogens (tertiary/aromatic N) is 6. The molecule has 0 aliphatic carbocycles. The van der Waals surface area contributed by atoms with Gasteiger partial charge in [-0.3, -0.25) is 0 Å². The van der Waals surface area contributed by atoms with Gasteiger partial charge in [-0.15, -0.1) is 22.7 Å². The maximum Gasteiger partial charge on any atom is 0.165 e. The van der Waals surface area contributed by atoms with Gasteiger partial charge in [0.25, 0.3) is 0 Å². The molecule has 492 valence electrons. The molecule has 0 spiro atoms. The monoisotopic (exact) mass is 1380 g/mol. The first kappa shape index (κ1) is 61.2. The topological polar surface area (TPSA) is 77.3 Å². The summed E-state index contributed by atoms with van der Waals surface area (Å²) < 4.78 is 4.66. The van der Waals surface area contributed by atoms with Gasteiger partial charge >= 0.3 is 0 Å². The van der Waals surface area contributed by atoms with E-state index in [1.54, 1.807) is 22.7 Å². The van der Waals surface area contributed by atoms with Crippen LogP contribution < -0.4 is 0 Å². The van der Waals surface area contributed by atoms with Crippen molar-refractivity contribution in [2.45, 2.75) is 0 Å². The summed E-state index contributed by atoms with van der Waals surface area (Å²) in [7, 11) is 0. The maximum absolute atomic E-state index is 5.64. The molecule has 106 heavy (non-hydrogen) atoms. The number of thiophene rings is 2. The van der Waals surface area contributed by atoms with Gasteiger partial charge in [0.05, 0.1) is 0 Å². The first-order valence-corrected chi connectivity index (χ1v) is 37.3. The van der Waals surface area contributed by atoms with Crippen LogP contribution in [0.3, 0.4) is 0 Å². The maximum atomic E-state index is 5.64. The zero-order chi connectivity index (χ0) is 69.8. The molecular weight excluding hydrogens is 1330 g/mol. The predicted molar refractivity (Wildman–Crippen MR) is 446 cm³/mol. The number of hydrogen-bond donors (Lipinski definition) is 0. The van der Waals surface area contributed by atoms with E-state index in [2.05, 4.69) is 352 Å². The third-order valence-corrected chi connectivity index (χ3v) is 23.5. The highest BCUT2D eigenvalue weighted by Gasteiger charge is 2.25. The Labute approximate surface area is 618 Å². The van der Waals surface area contributed by atoms with Crippen molar-refractivity contribution in [3.63, 3.8) is 0 Å². The Morgan fingerprint density at radius 1 is 0.160 bits per heavy atom. The first-order chi connectivity index (χ1) is 52.5. The van der Waals surface area contributed by atoms with E-state index in [4.69, 9.17) is 29.9 Å². The van der Waals surface area contributed by atoms with Gasteiger partial charge in [0.1, 0.15) is 0 Å². The summed E-state index contributed by atoms with van der Waals surface area (Å²) in [6, 6.07) is 126. The van der Waals surface area contributed by atoms with Gasteiger partial charge in [-0.25, -0.2) is 29.9 Å². The highest BCUT2D eigenvalue weighted by atomic mass is 32.1. The van der Waals surface area contributed by atoms with Crippen LogP contribution in [-0.4, -0.2) is 29.9 Å². The number of benzene rings is 17. The molecule has 21 rings (SSSR count). The lowest BCUT2D eigenvalue weighted by molar-refractivity contribution is 1.08. The fourth-order valence-corrected chi connectivity index (χ4v) is 18.3. The zero-order valence-electron chi connectivity index (χ0n) is 57.0. The van der Waals surface area contributed by atoms with Crippen LogP contribution in [0.5, 0.6) is 0 Å². The molecule has 0 atom stereocenters. The van der Waals surface area contributed by atoms with E-state index in [-0.39, 0.29) is 0 Å². The molecule has 0 amide bonds. The summed E-state index contributed by atoms with van der Waals surface area (Å²) in [5.41, 5.74) is 16.9. The second-order valence-corrected chi connectivity index (χ2v) is 29.2. The smallest absolute Gasteiger partial charge is 0.165 e. The lowest BCUT2D eigenvalue weighted by atomic mass is 9.92. The Kier molecular flexibility index (Phi) is 14.5. The van der Waals surface area contributed by atoms with E-state index in [0.29, 0.717) is 34.9 Å². The van der Waals surface area contributed by atoms with Crippen molar-refractivity contribution in [2.75, 3.05) is 0 Å². The molecule has 21 aromatic rings. The molecule has 0 N–H and O–H groups in total. The molecule has 6 nitrogen and oxygen atoms in total. The molecular formula is C98H58N6S2. The first-order valence-electron chi connectivity index (χ1n) is 35.7. The Morgan fingerprint density at radius 2 is 0.538 bits per heavy atom. The molecule has 4 heterocycles. The Morgan fingerprint density at radius 3 is 1.23 bits per heavy atom. The van der Waals surface area contributed by atoms with Crippen LogP contribution in [0.2, 0.25) is 0 Å². The average molecular weight is 1380 g/mol. The van der Waals surface area contributed by atoms with E-state index in [1.165, 1.54) is 52.7 Å². The van der Waals surface area contributed by atoms with Crippen LogP contribution >= 0.6 is 22.7 Å². The van der Waals surface area contributed by atoms with E-state index >= 15 is 0 Å². The quantitative estimate of drug-likeness (QED) is 0.128. The van der Waals surface area contributed by atoms with Gasteiger partial charge in [-0.1, -0.05) is 297 Å². The van der Waals surface area contributed by atoms with Crippen molar-refractivity contribution in [2.24, 2.45) is 0 Å². The van der Waals surface area contributed by atoms with Gasteiger partial charge in [-0.05, 0) is 164 Å². The Bertz CT molecular complexity index is 7150. The molecule has 0 saturated heterocycles. The molecule has 0 bridgehead atoms. The molecule has 0 aliphatic heterocycles. The van der Waals surface area contributed by atoms with Crippen molar-refractivity contribution in [1.82, 2.24) is 29.9 Å². The lowest BCUT2D eigenvalue weighted by Gasteiger charge is -2.16. The van der Waals surface area contributed by atoms with E-state index in [0.717, 1.165) is 131 Å². The highest BCUT2D eigenvalue weighted by Crippen LogP contribution is 2.47. The van der Waals surface area contributed by atoms with Crippen LogP contribution in [0, 0.1) is 0 Å². The second-order valence-electron chi connectivity index (χ2n) is 27.1. The summed E-state index contributed by atoms with van der Waals surface area (Å²) in [5, 5.41) is 16.0. The molecule has 0 aliphatic rings. The predicted octanol–water partition coefficient (Wildman–Crippen LogP) is 26.9. The van der Waals surface area contributed by atoms with Gasteiger partial charge in [0.2, 0.25) is 0 Å². The fraction of sp³-hybridized carbons (Fsp3) is 0. The average Bonchev–Trinajstić information content (AvgIpc) is 1.07. The van der Waals surface area contributed by atoms with Crippen LogP contribution in [0.4, 0.5) is 0 Å². The van der Waals surface area contributed by atoms with E-state index in [9.17, 15) is 0 Å². The van der Waals surface area contributed by atoms with E-state index in [1.807, 2.05) is 0 Å². The van der Waals surface area contributed by atoms with Gasteiger partial charge in [0, 0.05) is 73.7 Å². The summed E-state index contributed by atoms with van der Waals surface area (Å²) in [6.45, 7) is 0. The number of hydrogen-bond acceptors (Lipinski definition) is 8. The van der Waals surface area contributed by atoms with Crippen molar-refractivity contribution in [1.29, 1.82) is 0 Å². The fourth-order valence-electron chi connectivity index (χ4n) is 15.9. The van der Waals surface area contributed by atoms with Crippen LogP contribution in [0.15, 0.2) is 352 Å². The molecule has 4 aromatic heterocycles. The molecule has 0 fully saturated rings. The van der Waals surface area contributed by atoms with Gasteiger partial charge in [0.15, 0.2) is 34.9 Å². The summed E-state index contributed by atoms with van der Waals surface area (Å²) >= 11 is 3.56. The molecule has 0 saturated carbocycles. The van der Waals surface area contributed by atoms with Crippen molar-refractivity contribution in [3.05, 3.63) is 352 Å². The minimum absolute atomic E-state index is 0.605. The van der Waals surface area contributed by atoms with Crippen LogP contribution in [0.25, 0.3) is 218 Å². The SMILES string of the molecule is c1ccc(-c2ccc(-c3nc(-c4ccc(-c5cccc6ccccc56)cc4)nc(-c4cccc5c4sc4ccc(-c6cccc(-c7ccc(-c8nc(-c9c(-c%10ccc%11ccccc%11c%10)ccc%10ccccc9%10)nc(-c9cccc%10c9sc9ccccc9%10)n8)c8ccccc78)c6)cc45)n3)c3ccccc23)cc1. The Balaban J connectivity index is 0.676. The third kappa shape index (κ3) is 10.4. The summed E-state index contributed by atoms with van der Waals surface area (Å²) in [4.78, 5) is 33.1. The van der Waals surface area contributed by atoms with Gasteiger partial charge in [-0.2, -0.15) is 0 Å². The standard InChI is InChI=1S/C98H58N6S2/c1-2-21-60(22-3-1)72-51-53-83(78-33-12-10-31-76(72)78)94-99-93(64-45-43-63(44-46-64)71-36-17-26-61-23-6-8-29-70(61)71)100-96(101-94)86-40-19-38-82-87-58-67(49-55-89(87)106-92(82)86)66-27-16-28-68(57-66)73-52-54-84(79-34-13-11-32-77(73)79)95-102-97(85-39-18-37-81-80-35-14-15-41-88(80)105-91(81)85)104-98(103-95)90-74-30-9-7-24-62(74)48-50-75(90)69-47-42-59-20-4-5-25-65(59)56-69/h1-58H. The number of aromatic nitrogens is 6. The molecule has 8 heteroatoms. The summed E-state index contributed by atoms with van der Waals surface area (Å²) in [5.74, 6) is 3.69. The molecule has 17 aromatic carbocycles. The molecule has 0 unspecified atom stereocenters. The number of rotatable bonds is 11.